The summed E-state index contributed by atoms with van der Waals surface area (Å²) < 4.78 is 1.03. The van der Waals surface area contributed by atoms with Gasteiger partial charge in [0.25, 0.3) is 5.91 Å². The first-order chi connectivity index (χ1) is 10.1. The number of thiazole rings is 1. The van der Waals surface area contributed by atoms with Crippen LogP contribution in [0, 0.1) is 0 Å². The number of benzene rings is 1. The van der Waals surface area contributed by atoms with Gasteiger partial charge in [-0.05, 0) is 37.1 Å². The lowest BCUT2D eigenvalue weighted by molar-refractivity contribution is 0.0926. The molecule has 1 heterocycles. The van der Waals surface area contributed by atoms with Gasteiger partial charge in [-0.2, -0.15) is 0 Å². The summed E-state index contributed by atoms with van der Waals surface area (Å²) in [5.41, 5.74) is 6.92. The smallest absolute Gasteiger partial charge is 0.271 e. The highest BCUT2D eigenvalue weighted by Gasteiger charge is 2.46. The Hall–Kier alpha value is -1.24. The normalized spacial score (nSPS) is 15.7. The minimum atomic E-state index is -0.224. The molecule has 0 unspecified atom stereocenters. The van der Waals surface area contributed by atoms with Crippen molar-refractivity contribution in [2.45, 2.75) is 24.8 Å². The largest absolute Gasteiger partial charge is 0.341 e. The fraction of sp³-hybridized carbons (Fsp3) is 0.333. The first-order valence-electron chi connectivity index (χ1n) is 6.86. The lowest BCUT2D eigenvalue weighted by Crippen LogP contribution is -2.35. The van der Waals surface area contributed by atoms with Gasteiger partial charge in [-0.1, -0.05) is 28.1 Å². The molecule has 1 aliphatic rings. The van der Waals surface area contributed by atoms with Crippen LogP contribution in [0.5, 0.6) is 0 Å². The SMILES string of the molecule is NCCc1nc(C(=O)NC2(c3cccc(Br)c3)CC2)cs1. The number of nitrogens with zero attached hydrogens (tertiary/aromatic N) is 1. The zero-order chi connectivity index (χ0) is 14.9. The van der Waals surface area contributed by atoms with Crippen molar-refractivity contribution in [3.05, 3.63) is 50.4 Å². The Labute approximate surface area is 135 Å². The van der Waals surface area contributed by atoms with Gasteiger partial charge in [-0.25, -0.2) is 4.98 Å². The second kappa shape index (κ2) is 5.87. The predicted octanol–water partition coefficient (Wildman–Crippen LogP) is 2.83. The monoisotopic (exact) mass is 365 g/mol. The summed E-state index contributed by atoms with van der Waals surface area (Å²) in [7, 11) is 0. The summed E-state index contributed by atoms with van der Waals surface area (Å²) >= 11 is 4.97. The molecule has 110 valence electrons. The van der Waals surface area contributed by atoms with E-state index in [0.717, 1.165) is 27.9 Å². The number of nitrogens with two attached hydrogens (primary N) is 1. The average Bonchev–Trinajstić information content (AvgIpc) is 3.09. The van der Waals surface area contributed by atoms with E-state index in [1.807, 2.05) is 12.1 Å². The molecule has 1 fully saturated rings. The maximum Gasteiger partial charge on any atom is 0.271 e. The van der Waals surface area contributed by atoms with Crippen LogP contribution < -0.4 is 11.1 Å². The molecule has 0 saturated heterocycles. The van der Waals surface area contributed by atoms with E-state index in [0.29, 0.717) is 18.7 Å². The number of nitrogens with one attached hydrogen (secondary N) is 1. The number of halogens is 1. The number of amides is 1. The van der Waals surface area contributed by atoms with E-state index in [-0.39, 0.29) is 11.4 Å². The van der Waals surface area contributed by atoms with Crippen molar-refractivity contribution in [1.82, 2.24) is 10.3 Å². The predicted molar refractivity (Wildman–Crippen MR) is 87.4 cm³/mol. The molecule has 0 bridgehead atoms. The molecule has 0 spiro atoms. The summed E-state index contributed by atoms with van der Waals surface area (Å²) in [5, 5.41) is 5.85. The van der Waals surface area contributed by atoms with E-state index in [2.05, 4.69) is 38.4 Å². The second-order valence-electron chi connectivity index (χ2n) is 5.21. The van der Waals surface area contributed by atoms with Gasteiger partial charge in [0.1, 0.15) is 5.69 Å². The van der Waals surface area contributed by atoms with Crippen molar-refractivity contribution in [2.24, 2.45) is 5.73 Å². The van der Waals surface area contributed by atoms with Crippen molar-refractivity contribution >= 4 is 33.2 Å². The van der Waals surface area contributed by atoms with Crippen LogP contribution >= 0.6 is 27.3 Å². The van der Waals surface area contributed by atoms with E-state index in [9.17, 15) is 4.79 Å². The number of hydrogen-bond acceptors (Lipinski definition) is 4. The molecule has 1 saturated carbocycles. The van der Waals surface area contributed by atoms with Gasteiger partial charge in [0, 0.05) is 16.3 Å². The van der Waals surface area contributed by atoms with Gasteiger partial charge in [0.05, 0.1) is 10.5 Å². The van der Waals surface area contributed by atoms with Gasteiger partial charge in [-0.15, -0.1) is 11.3 Å². The van der Waals surface area contributed by atoms with Crippen molar-refractivity contribution in [3.63, 3.8) is 0 Å². The van der Waals surface area contributed by atoms with Crippen molar-refractivity contribution in [2.75, 3.05) is 6.54 Å². The third-order valence-corrected chi connectivity index (χ3v) is 5.02. The van der Waals surface area contributed by atoms with Gasteiger partial charge >= 0.3 is 0 Å². The maximum absolute atomic E-state index is 12.4. The molecule has 1 amide bonds. The van der Waals surface area contributed by atoms with Crippen LogP contribution in [0.1, 0.15) is 33.9 Å². The standard InChI is InChI=1S/C15H16BrN3OS/c16-11-3-1-2-10(8-11)15(5-6-15)19-14(20)12-9-21-13(18-12)4-7-17/h1-3,8-9H,4-7,17H2,(H,19,20). The fourth-order valence-electron chi connectivity index (χ4n) is 2.33. The Bertz CT molecular complexity index is 666. The molecule has 0 radical (unpaired) electrons. The Morgan fingerprint density at radius 3 is 2.95 bits per heavy atom. The Kier molecular flexibility index (Phi) is 4.10. The zero-order valence-electron chi connectivity index (χ0n) is 11.4. The molecule has 21 heavy (non-hydrogen) atoms. The molecule has 6 heteroatoms. The van der Waals surface area contributed by atoms with Crippen molar-refractivity contribution in [1.29, 1.82) is 0 Å². The van der Waals surface area contributed by atoms with Gasteiger partial charge in [0.15, 0.2) is 0 Å². The molecule has 1 aromatic heterocycles. The summed E-state index contributed by atoms with van der Waals surface area (Å²) in [5.74, 6) is -0.105. The van der Waals surface area contributed by atoms with Crippen LogP contribution in [-0.4, -0.2) is 17.4 Å². The Morgan fingerprint density at radius 1 is 1.48 bits per heavy atom. The zero-order valence-corrected chi connectivity index (χ0v) is 13.8. The van der Waals surface area contributed by atoms with Gasteiger partial charge in [0.2, 0.25) is 0 Å². The highest BCUT2D eigenvalue weighted by Crippen LogP contribution is 2.46. The lowest BCUT2D eigenvalue weighted by atomic mass is 10.1. The average molecular weight is 366 g/mol. The summed E-state index contributed by atoms with van der Waals surface area (Å²) in [4.78, 5) is 16.7. The highest BCUT2D eigenvalue weighted by molar-refractivity contribution is 9.10. The van der Waals surface area contributed by atoms with Crippen LogP contribution in [0.2, 0.25) is 0 Å². The molecule has 3 N–H and O–H groups in total. The Balaban J connectivity index is 1.74. The van der Waals surface area contributed by atoms with Crippen LogP contribution in [0.25, 0.3) is 0 Å². The third-order valence-electron chi connectivity index (χ3n) is 3.62. The minimum Gasteiger partial charge on any atom is -0.341 e. The van der Waals surface area contributed by atoms with E-state index < -0.39 is 0 Å². The van der Waals surface area contributed by atoms with E-state index in [1.54, 1.807) is 5.38 Å². The third kappa shape index (κ3) is 3.17. The number of carbonyl (C=O) groups excluding carboxylic acids is 1. The van der Waals surface area contributed by atoms with E-state index in [1.165, 1.54) is 11.3 Å². The quantitative estimate of drug-likeness (QED) is 0.855. The summed E-state index contributed by atoms with van der Waals surface area (Å²) in [6, 6.07) is 8.10. The maximum atomic E-state index is 12.4. The van der Waals surface area contributed by atoms with Gasteiger partial charge < -0.3 is 11.1 Å². The van der Waals surface area contributed by atoms with Crippen LogP contribution in [0.4, 0.5) is 0 Å². The lowest BCUT2D eigenvalue weighted by Gasteiger charge is -2.17. The number of hydrogen-bond donors (Lipinski definition) is 2. The van der Waals surface area contributed by atoms with Crippen molar-refractivity contribution < 1.29 is 4.79 Å². The number of rotatable bonds is 5. The Morgan fingerprint density at radius 2 is 2.29 bits per heavy atom. The minimum absolute atomic E-state index is 0.105. The second-order valence-corrected chi connectivity index (χ2v) is 7.07. The van der Waals surface area contributed by atoms with Crippen molar-refractivity contribution in [3.8, 4) is 0 Å². The van der Waals surface area contributed by atoms with Gasteiger partial charge in [-0.3, -0.25) is 4.79 Å². The first-order valence-corrected chi connectivity index (χ1v) is 8.53. The van der Waals surface area contributed by atoms with Crippen LogP contribution in [0.15, 0.2) is 34.1 Å². The molecule has 4 nitrogen and oxygen atoms in total. The molecular formula is C15H16BrN3OS. The fourth-order valence-corrected chi connectivity index (χ4v) is 3.53. The molecule has 2 aromatic rings. The molecule has 1 aliphatic carbocycles. The first kappa shape index (κ1) is 14.7. The van der Waals surface area contributed by atoms with Crippen LogP contribution in [-0.2, 0) is 12.0 Å². The summed E-state index contributed by atoms with van der Waals surface area (Å²) in [6.45, 7) is 0.552. The molecule has 0 aliphatic heterocycles. The van der Waals surface area contributed by atoms with E-state index in [4.69, 9.17) is 5.73 Å². The molecule has 1 aromatic carbocycles. The number of aromatic nitrogens is 1. The molecule has 0 atom stereocenters. The highest BCUT2D eigenvalue weighted by atomic mass is 79.9. The molecule has 3 rings (SSSR count). The van der Waals surface area contributed by atoms with E-state index >= 15 is 0 Å². The molecular weight excluding hydrogens is 350 g/mol. The number of carbonyl (C=O) groups is 1. The topological polar surface area (TPSA) is 68.0 Å². The summed E-state index contributed by atoms with van der Waals surface area (Å²) in [6.07, 6.45) is 2.65. The van der Waals surface area contributed by atoms with Crippen LogP contribution in [0.3, 0.4) is 0 Å².